The number of nitrogens with two attached hydrogens (primary N) is 2. The summed E-state index contributed by atoms with van der Waals surface area (Å²) in [4.78, 5) is 10.6. The molecule has 0 aliphatic heterocycles. The van der Waals surface area contributed by atoms with Crippen LogP contribution in [0.3, 0.4) is 0 Å². The predicted molar refractivity (Wildman–Crippen MR) is 47.4 cm³/mol. The summed E-state index contributed by atoms with van der Waals surface area (Å²) in [7, 11) is 0. The molecular formula is C8H8N4O. The molecule has 0 fully saturated rings. The van der Waals surface area contributed by atoms with Crippen LogP contribution >= 0.6 is 0 Å². The van der Waals surface area contributed by atoms with E-state index in [1.54, 1.807) is 24.3 Å². The first-order valence-electron chi connectivity index (χ1n) is 3.49. The first kappa shape index (κ1) is 9.03. The topological polar surface area (TPSA) is 96.1 Å². The second kappa shape index (κ2) is 3.56. The third-order valence-corrected chi connectivity index (χ3v) is 1.51. The standard InChI is InChI=1S/C8H8N4O/c9-5-6-1-3-7(4-2-6)12(11)8(10)13/h1-4H,11H2,(H2,10,13). The Kier molecular flexibility index (Phi) is 2.47. The van der Waals surface area contributed by atoms with E-state index in [-0.39, 0.29) is 0 Å². The zero-order valence-corrected chi connectivity index (χ0v) is 6.77. The van der Waals surface area contributed by atoms with Crippen molar-refractivity contribution in [2.24, 2.45) is 11.6 Å². The molecule has 0 spiro atoms. The van der Waals surface area contributed by atoms with Gasteiger partial charge in [-0.15, -0.1) is 0 Å². The van der Waals surface area contributed by atoms with E-state index >= 15 is 0 Å². The van der Waals surface area contributed by atoms with Gasteiger partial charge in [-0.05, 0) is 24.3 Å². The van der Waals surface area contributed by atoms with Crippen LogP contribution in [-0.4, -0.2) is 6.03 Å². The SMILES string of the molecule is N#Cc1ccc(N(N)C(N)=O)cc1. The lowest BCUT2D eigenvalue weighted by atomic mass is 10.2. The first-order valence-corrected chi connectivity index (χ1v) is 3.49. The summed E-state index contributed by atoms with van der Waals surface area (Å²) in [5.41, 5.74) is 5.89. The Bertz CT molecular complexity index is 351. The van der Waals surface area contributed by atoms with Gasteiger partial charge in [-0.2, -0.15) is 5.26 Å². The van der Waals surface area contributed by atoms with Crippen molar-refractivity contribution in [3.63, 3.8) is 0 Å². The van der Waals surface area contributed by atoms with Gasteiger partial charge in [-0.1, -0.05) is 0 Å². The number of amides is 2. The summed E-state index contributed by atoms with van der Waals surface area (Å²) >= 11 is 0. The van der Waals surface area contributed by atoms with Gasteiger partial charge in [-0.3, -0.25) is 0 Å². The zero-order valence-electron chi connectivity index (χ0n) is 6.77. The first-order chi connectivity index (χ1) is 6.15. The molecule has 0 bridgehead atoms. The summed E-state index contributed by atoms with van der Waals surface area (Å²) in [5.74, 6) is 5.31. The number of carbonyl (C=O) groups is 1. The monoisotopic (exact) mass is 176 g/mol. The number of nitriles is 1. The molecule has 0 heterocycles. The lowest BCUT2D eigenvalue weighted by molar-refractivity contribution is 0.254. The fraction of sp³-hybridized carbons (Fsp3) is 0. The quantitative estimate of drug-likeness (QED) is 0.366. The Balaban J connectivity index is 2.93. The lowest BCUT2D eigenvalue weighted by Crippen LogP contribution is -2.41. The highest BCUT2D eigenvalue weighted by Gasteiger charge is 2.05. The van der Waals surface area contributed by atoms with Crippen molar-refractivity contribution in [1.82, 2.24) is 0 Å². The molecule has 2 amide bonds. The highest BCUT2D eigenvalue weighted by molar-refractivity contribution is 5.89. The molecule has 13 heavy (non-hydrogen) atoms. The number of hydrogen-bond donors (Lipinski definition) is 2. The van der Waals surface area contributed by atoms with Gasteiger partial charge in [0, 0.05) is 0 Å². The number of anilines is 1. The molecule has 1 rings (SSSR count). The normalized spacial score (nSPS) is 8.92. The number of nitrogens with zero attached hydrogens (tertiary/aromatic N) is 2. The van der Waals surface area contributed by atoms with Crippen molar-refractivity contribution in [3.8, 4) is 6.07 Å². The minimum absolute atomic E-state index is 0.450. The summed E-state index contributed by atoms with van der Waals surface area (Å²) in [6.45, 7) is 0. The molecule has 0 aromatic heterocycles. The van der Waals surface area contributed by atoms with E-state index in [1.807, 2.05) is 6.07 Å². The summed E-state index contributed by atoms with van der Waals surface area (Å²) in [6.07, 6.45) is 0. The summed E-state index contributed by atoms with van der Waals surface area (Å²) in [6, 6.07) is 7.40. The van der Waals surface area contributed by atoms with E-state index in [0.717, 1.165) is 5.01 Å². The average molecular weight is 176 g/mol. The van der Waals surface area contributed by atoms with Crippen LogP contribution in [0.25, 0.3) is 0 Å². The van der Waals surface area contributed by atoms with Gasteiger partial charge in [0.25, 0.3) is 0 Å². The van der Waals surface area contributed by atoms with Crippen LogP contribution in [0.1, 0.15) is 5.56 Å². The number of hydrazine groups is 1. The molecule has 0 aliphatic rings. The largest absolute Gasteiger partial charge is 0.350 e. The van der Waals surface area contributed by atoms with Crippen molar-refractivity contribution < 1.29 is 4.79 Å². The van der Waals surface area contributed by atoms with Crippen LogP contribution in [0.4, 0.5) is 10.5 Å². The van der Waals surface area contributed by atoms with E-state index < -0.39 is 6.03 Å². The van der Waals surface area contributed by atoms with E-state index in [0.29, 0.717) is 11.3 Å². The molecule has 1 aromatic rings. The van der Waals surface area contributed by atoms with Gasteiger partial charge in [0.05, 0.1) is 17.3 Å². The Morgan fingerprint density at radius 2 is 1.92 bits per heavy atom. The number of hydrogen-bond acceptors (Lipinski definition) is 3. The van der Waals surface area contributed by atoms with Gasteiger partial charge < -0.3 is 5.73 Å². The van der Waals surface area contributed by atoms with Gasteiger partial charge >= 0.3 is 6.03 Å². The molecule has 0 unspecified atom stereocenters. The molecule has 5 heteroatoms. The smallest absolute Gasteiger partial charge is 0.333 e. The maximum Gasteiger partial charge on any atom is 0.333 e. The van der Waals surface area contributed by atoms with E-state index in [9.17, 15) is 4.79 Å². The molecule has 0 atom stereocenters. The Morgan fingerprint density at radius 3 is 2.31 bits per heavy atom. The predicted octanol–water partition coefficient (Wildman–Crippen LogP) is 0.317. The zero-order chi connectivity index (χ0) is 9.84. The minimum Gasteiger partial charge on any atom is -0.350 e. The van der Waals surface area contributed by atoms with Crippen molar-refractivity contribution in [1.29, 1.82) is 5.26 Å². The van der Waals surface area contributed by atoms with Gasteiger partial charge in [0.1, 0.15) is 0 Å². The van der Waals surface area contributed by atoms with E-state index in [1.165, 1.54) is 0 Å². The number of urea groups is 1. The van der Waals surface area contributed by atoms with Crippen LogP contribution in [0, 0.1) is 11.3 Å². The Labute approximate surface area is 75.1 Å². The maximum absolute atomic E-state index is 10.6. The van der Waals surface area contributed by atoms with Crippen molar-refractivity contribution in [3.05, 3.63) is 29.8 Å². The highest BCUT2D eigenvalue weighted by atomic mass is 16.2. The number of benzene rings is 1. The van der Waals surface area contributed by atoms with Crippen molar-refractivity contribution in [2.45, 2.75) is 0 Å². The maximum atomic E-state index is 10.6. The molecule has 66 valence electrons. The van der Waals surface area contributed by atoms with E-state index in [2.05, 4.69) is 0 Å². The molecule has 0 saturated carbocycles. The van der Waals surface area contributed by atoms with Crippen molar-refractivity contribution >= 4 is 11.7 Å². The van der Waals surface area contributed by atoms with Crippen molar-refractivity contribution in [2.75, 3.05) is 5.01 Å². The second-order valence-electron chi connectivity index (χ2n) is 2.37. The molecule has 1 aromatic carbocycles. The van der Waals surface area contributed by atoms with Crippen LogP contribution in [0.5, 0.6) is 0 Å². The van der Waals surface area contributed by atoms with Crippen LogP contribution < -0.4 is 16.6 Å². The fourth-order valence-corrected chi connectivity index (χ4v) is 0.824. The molecule has 0 aliphatic carbocycles. The number of carbonyl (C=O) groups excluding carboxylic acids is 1. The minimum atomic E-state index is -0.746. The molecular weight excluding hydrogens is 168 g/mol. The number of primary amides is 1. The van der Waals surface area contributed by atoms with E-state index in [4.69, 9.17) is 16.8 Å². The highest BCUT2D eigenvalue weighted by Crippen LogP contribution is 2.11. The summed E-state index contributed by atoms with van der Waals surface area (Å²) < 4.78 is 0. The van der Waals surface area contributed by atoms with Crippen LogP contribution in [0.15, 0.2) is 24.3 Å². The molecule has 0 saturated heterocycles. The number of rotatable bonds is 1. The average Bonchev–Trinajstić information content (AvgIpc) is 2.17. The Morgan fingerprint density at radius 1 is 1.38 bits per heavy atom. The lowest BCUT2D eigenvalue weighted by Gasteiger charge is -2.12. The molecule has 5 nitrogen and oxygen atoms in total. The third-order valence-electron chi connectivity index (χ3n) is 1.51. The molecule has 0 radical (unpaired) electrons. The third kappa shape index (κ3) is 1.95. The fourth-order valence-electron chi connectivity index (χ4n) is 0.824. The van der Waals surface area contributed by atoms with Crippen LogP contribution in [-0.2, 0) is 0 Å². The van der Waals surface area contributed by atoms with Gasteiger partial charge in [0.15, 0.2) is 0 Å². The van der Waals surface area contributed by atoms with Gasteiger partial charge in [-0.25, -0.2) is 15.6 Å². The molecule has 4 N–H and O–H groups in total. The Hall–Kier alpha value is -2.06. The van der Waals surface area contributed by atoms with Crippen LogP contribution in [0.2, 0.25) is 0 Å². The van der Waals surface area contributed by atoms with Gasteiger partial charge in [0.2, 0.25) is 0 Å². The summed E-state index contributed by atoms with van der Waals surface area (Å²) in [5, 5.41) is 9.30. The second-order valence-corrected chi connectivity index (χ2v) is 2.37.